The first-order valence-corrected chi connectivity index (χ1v) is 8.16. The molecule has 118 valence electrons. The van der Waals surface area contributed by atoms with Crippen LogP contribution in [0.4, 0.5) is 0 Å². The smallest absolute Gasteiger partial charge is 0.218 e. The average molecular weight is 342 g/mol. The van der Waals surface area contributed by atoms with Crippen molar-refractivity contribution in [1.82, 2.24) is 9.97 Å². The minimum Gasteiger partial charge on any atom is -0.218 e. The van der Waals surface area contributed by atoms with Crippen molar-refractivity contribution in [2.45, 2.75) is 0 Å². The molecule has 4 rings (SSSR count). The summed E-state index contributed by atoms with van der Waals surface area (Å²) < 4.78 is 0. The molecule has 4 heteroatoms. The minimum absolute atomic E-state index is 0.241. The van der Waals surface area contributed by atoms with Gasteiger partial charge in [0.15, 0.2) is 0 Å². The molecule has 0 atom stereocenters. The number of nitriles is 1. The highest BCUT2D eigenvalue weighted by Gasteiger charge is 2.09. The van der Waals surface area contributed by atoms with E-state index in [1.807, 2.05) is 72.8 Å². The highest BCUT2D eigenvalue weighted by Crippen LogP contribution is 2.29. The van der Waals surface area contributed by atoms with Crippen molar-refractivity contribution in [2.75, 3.05) is 0 Å². The molecule has 25 heavy (non-hydrogen) atoms. The normalized spacial score (nSPS) is 10.6. The molecule has 0 aliphatic rings. The first-order valence-electron chi connectivity index (χ1n) is 7.78. The van der Waals surface area contributed by atoms with E-state index in [0.717, 1.165) is 33.3 Å². The highest BCUT2D eigenvalue weighted by molar-refractivity contribution is 6.28. The Balaban J connectivity index is 1.77. The molecule has 0 fully saturated rings. The van der Waals surface area contributed by atoms with Crippen LogP contribution in [-0.4, -0.2) is 9.97 Å². The van der Waals surface area contributed by atoms with Crippen LogP contribution < -0.4 is 0 Å². The predicted molar refractivity (Wildman–Crippen MR) is 100 cm³/mol. The Morgan fingerprint density at radius 1 is 0.720 bits per heavy atom. The van der Waals surface area contributed by atoms with Gasteiger partial charge in [-0.2, -0.15) is 5.26 Å². The van der Waals surface area contributed by atoms with Gasteiger partial charge in [-0.15, -0.1) is 0 Å². The van der Waals surface area contributed by atoms with Crippen LogP contribution in [0.3, 0.4) is 0 Å². The Morgan fingerprint density at radius 2 is 1.32 bits per heavy atom. The summed E-state index contributed by atoms with van der Waals surface area (Å²) in [5.41, 5.74) is 5.44. The van der Waals surface area contributed by atoms with Crippen LogP contribution >= 0.6 is 11.6 Å². The molecule has 0 spiro atoms. The van der Waals surface area contributed by atoms with Crippen molar-refractivity contribution in [2.24, 2.45) is 0 Å². The van der Waals surface area contributed by atoms with Crippen molar-refractivity contribution in [3.63, 3.8) is 0 Å². The maximum Gasteiger partial charge on any atom is 0.223 e. The van der Waals surface area contributed by atoms with Crippen LogP contribution in [0.1, 0.15) is 5.56 Å². The van der Waals surface area contributed by atoms with Gasteiger partial charge >= 0.3 is 0 Å². The van der Waals surface area contributed by atoms with Gasteiger partial charge in [0, 0.05) is 10.9 Å². The summed E-state index contributed by atoms with van der Waals surface area (Å²) >= 11 is 6.08. The number of hydrogen-bond acceptors (Lipinski definition) is 3. The average Bonchev–Trinajstić information content (AvgIpc) is 2.67. The summed E-state index contributed by atoms with van der Waals surface area (Å²) in [5, 5.41) is 10.1. The molecule has 0 unspecified atom stereocenters. The number of nitrogens with zero attached hydrogens (tertiary/aromatic N) is 3. The Labute approximate surface area is 150 Å². The van der Waals surface area contributed by atoms with E-state index in [4.69, 9.17) is 16.9 Å². The quantitative estimate of drug-likeness (QED) is 0.453. The maximum absolute atomic E-state index is 8.90. The SMILES string of the molecule is N#Cc1ccc(-c2ccc(-c3nc(Cl)nc4ccccc34)cc2)cc1. The number of rotatable bonds is 2. The predicted octanol–water partition coefficient (Wildman–Crippen LogP) is 5.49. The van der Waals surface area contributed by atoms with Crippen LogP contribution in [0.2, 0.25) is 5.28 Å². The Morgan fingerprint density at radius 3 is 2.00 bits per heavy atom. The van der Waals surface area contributed by atoms with Crippen molar-refractivity contribution in [3.8, 4) is 28.5 Å². The minimum atomic E-state index is 0.241. The fourth-order valence-corrected chi connectivity index (χ4v) is 3.00. The third-order valence-corrected chi connectivity index (χ3v) is 4.25. The van der Waals surface area contributed by atoms with E-state index in [-0.39, 0.29) is 5.28 Å². The molecular weight excluding hydrogens is 330 g/mol. The molecule has 0 aliphatic heterocycles. The lowest BCUT2D eigenvalue weighted by molar-refractivity contribution is 1.22. The van der Waals surface area contributed by atoms with Crippen molar-refractivity contribution in [3.05, 3.63) is 83.6 Å². The second-order valence-corrected chi connectivity index (χ2v) is 5.96. The summed E-state index contributed by atoms with van der Waals surface area (Å²) in [4.78, 5) is 8.69. The summed E-state index contributed by atoms with van der Waals surface area (Å²) in [6.07, 6.45) is 0. The lowest BCUT2D eigenvalue weighted by atomic mass is 10.0. The highest BCUT2D eigenvalue weighted by atomic mass is 35.5. The van der Waals surface area contributed by atoms with Crippen LogP contribution in [-0.2, 0) is 0 Å². The van der Waals surface area contributed by atoms with Crippen LogP contribution in [0.15, 0.2) is 72.8 Å². The topological polar surface area (TPSA) is 49.6 Å². The number of halogens is 1. The molecular formula is C21H12ClN3. The van der Waals surface area contributed by atoms with E-state index in [0.29, 0.717) is 5.56 Å². The third-order valence-electron chi connectivity index (χ3n) is 4.08. The molecule has 0 bridgehead atoms. The summed E-state index contributed by atoms with van der Waals surface area (Å²) in [6, 6.07) is 25.6. The molecule has 0 amide bonds. The number of hydrogen-bond donors (Lipinski definition) is 0. The maximum atomic E-state index is 8.90. The summed E-state index contributed by atoms with van der Waals surface area (Å²) in [5.74, 6) is 0. The van der Waals surface area contributed by atoms with E-state index >= 15 is 0 Å². The Bertz CT molecular complexity index is 1090. The monoisotopic (exact) mass is 341 g/mol. The van der Waals surface area contributed by atoms with Gasteiger partial charge in [0.1, 0.15) is 0 Å². The van der Waals surface area contributed by atoms with Gasteiger partial charge in [-0.3, -0.25) is 0 Å². The zero-order chi connectivity index (χ0) is 17.2. The number of fused-ring (bicyclic) bond motifs is 1. The second-order valence-electron chi connectivity index (χ2n) is 5.62. The second kappa shape index (κ2) is 6.35. The van der Waals surface area contributed by atoms with Crippen molar-refractivity contribution in [1.29, 1.82) is 5.26 Å². The van der Waals surface area contributed by atoms with Crippen molar-refractivity contribution < 1.29 is 0 Å². The van der Waals surface area contributed by atoms with Crippen LogP contribution in [0, 0.1) is 11.3 Å². The largest absolute Gasteiger partial charge is 0.223 e. The van der Waals surface area contributed by atoms with Gasteiger partial charge in [0.2, 0.25) is 5.28 Å². The summed E-state index contributed by atoms with van der Waals surface area (Å²) in [7, 11) is 0. The molecule has 0 saturated carbocycles. The number of aromatic nitrogens is 2. The molecule has 3 nitrogen and oxygen atoms in total. The van der Waals surface area contributed by atoms with Gasteiger partial charge in [-0.25, -0.2) is 9.97 Å². The molecule has 0 aliphatic carbocycles. The zero-order valence-electron chi connectivity index (χ0n) is 13.1. The molecule has 1 aromatic heterocycles. The fourth-order valence-electron chi connectivity index (χ4n) is 2.83. The van der Waals surface area contributed by atoms with Gasteiger partial charge in [0.05, 0.1) is 22.8 Å². The first kappa shape index (κ1) is 15.3. The van der Waals surface area contributed by atoms with Crippen LogP contribution in [0.25, 0.3) is 33.3 Å². The van der Waals surface area contributed by atoms with Gasteiger partial charge < -0.3 is 0 Å². The van der Waals surface area contributed by atoms with E-state index in [1.165, 1.54) is 0 Å². The molecule has 3 aromatic carbocycles. The zero-order valence-corrected chi connectivity index (χ0v) is 13.9. The Hall–Kier alpha value is -3.22. The van der Waals surface area contributed by atoms with E-state index < -0.39 is 0 Å². The van der Waals surface area contributed by atoms with Crippen LogP contribution in [0.5, 0.6) is 0 Å². The van der Waals surface area contributed by atoms with Gasteiger partial charge in [-0.1, -0.05) is 54.6 Å². The van der Waals surface area contributed by atoms with E-state index in [2.05, 4.69) is 16.0 Å². The molecule has 0 N–H and O–H groups in total. The van der Waals surface area contributed by atoms with Gasteiger partial charge in [0.25, 0.3) is 0 Å². The number of para-hydroxylation sites is 1. The van der Waals surface area contributed by atoms with Gasteiger partial charge in [-0.05, 0) is 40.9 Å². The molecule has 4 aromatic rings. The number of benzene rings is 3. The lowest BCUT2D eigenvalue weighted by Crippen LogP contribution is -1.91. The lowest BCUT2D eigenvalue weighted by Gasteiger charge is -2.08. The standard InChI is InChI=1S/C21H12ClN3/c22-21-24-19-4-2-1-3-18(19)20(25-21)17-11-9-16(10-12-17)15-7-5-14(13-23)6-8-15/h1-12H. The van der Waals surface area contributed by atoms with E-state index in [9.17, 15) is 0 Å². The molecule has 0 radical (unpaired) electrons. The summed E-state index contributed by atoms with van der Waals surface area (Å²) in [6.45, 7) is 0. The molecule has 0 saturated heterocycles. The van der Waals surface area contributed by atoms with E-state index in [1.54, 1.807) is 0 Å². The molecule has 1 heterocycles. The third kappa shape index (κ3) is 2.96. The fraction of sp³-hybridized carbons (Fsp3) is 0. The van der Waals surface area contributed by atoms with Crippen molar-refractivity contribution >= 4 is 22.5 Å². The first-order chi connectivity index (χ1) is 12.2. The Kier molecular flexibility index (Phi) is 3.89.